The second-order valence-electron chi connectivity index (χ2n) is 3.81. The number of amidine groups is 1. The van der Waals surface area contributed by atoms with Crippen LogP contribution in [0.5, 0.6) is 5.75 Å². The van der Waals surface area contributed by atoms with E-state index in [9.17, 15) is 9.59 Å². The molecular formula is C12H13N3O3. The predicted octanol–water partition coefficient (Wildman–Crippen LogP) is 0.775. The molecule has 0 spiro atoms. The van der Waals surface area contributed by atoms with Crippen LogP contribution in [0.4, 0.5) is 4.79 Å². The van der Waals surface area contributed by atoms with Crippen LogP contribution in [-0.4, -0.2) is 36.8 Å². The van der Waals surface area contributed by atoms with Gasteiger partial charge in [-0.2, -0.15) is 0 Å². The highest BCUT2D eigenvalue weighted by atomic mass is 16.5. The molecule has 0 atom stereocenters. The minimum absolute atomic E-state index is 0.0818. The van der Waals surface area contributed by atoms with Crippen LogP contribution in [0.15, 0.2) is 29.3 Å². The molecule has 0 aromatic heterocycles. The third-order valence-electron chi connectivity index (χ3n) is 2.62. The number of ether oxygens (including phenoxy) is 1. The molecule has 0 aliphatic carbocycles. The number of nitrogens with zero attached hydrogens (tertiary/aromatic N) is 2. The van der Waals surface area contributed by atoms with E-state index in [4.69, 9.17) is 4.74 Å². The summed E-state index contributed by atoms with van der Waals surface area (Å²) in [6, 6.07) is 6.89. The zero-order valence-electron chi connectivity index (χ0n) is 10.1. The highest BCUT2D eigenvalue weighted by Gasteiger charge is 2.31. The van der Waals surface area contributed by atoms with Gasteiger partial charge < -0.3 is 4.74 Å². The maximum absolute atomic E-state index is 11.5. The Morgan fingerprint density at radius 1 is 1.28 bits per heavy atom. The molecule has 94 valence electrons. The van der Waals surface area contributed by atoms with E-state index >= 15 is 0 Å². The second kappa shape index (κ2) is 4.87. The fourth-order valence-electron chi connectivity index (χ4n) is 1.50. The number of methoxy groups -OCH3 is 1. The number of aliphatic imine (C=N–C) groups is 1. The fraction of sp³-hybridized carbons (Fsp3) is 0.250. The van der Waals surface area contributed by atoms with Crippen LogP contribution >= 0.6 is 0 Å². The summed E-state index contributed by atoms with van der Waals surface area (Å²) in [7, 11) is 3.01. The largest absolute Gasteiger partial charge is 0.497 e. The predicted molar refractivity (Wildman–Crippen MR) is 65.4 cm³/mol. The number of carbonyl (C=O) groups is 2. The molecule has 6 nitrogen and oxygen atoms in total. The lowest BCUT2D eigenvalue weighted by atomic mass is 10.2. The molecule has 1 heterocycles. The Morgan fingerprint density at radius 2 is 1.94 bits per heavy atom. The van der Waals surface area contributed by atoms with Gasteiger partial charge in [0.15, 0.2) is 5.84 Å². The minimum Gasteiger partial charge on any atom is -0.497 e. The number of amides is 3. The lowest BCUT2D eigenvalue weighted by Crippen LogP contribution is -2.25. The number of carbonyl (C=O) groups excluding carboxylic acids is 2. The molecule has 1 N–H and O–H groups in total. The highest BCUT2D eigenvalue weighted by molar-refractivity contribution is 6.46. The Bertz CT molecular complexity index is 508. The van der Waals surface area contributed by atoms with Gasteiger partial charge in [0.25, 0.3) is 5.91 Å². The number of benzene rings is 1. The summed E-state index contributed by atoms with van der Waals surface area (Å²) in [5.41, 5.74) is 0.930. The van der Waals surface area contributed by atoms with E-state index in [0.29, 0.717) is 6.54 Å². The number of hydrogen-bond acceptors (Lipinski definition) is 4. The summed E-state index contributed by atoms with van der Waals surface area (Å²) in [4.78, 5) is 27.8. The summed E-state index contributed by atoms with van der Waals surface area (Å²) < 4.78 is 5.04. The summed E-state index contributed by atoms with van der Waals surface area (Å²) in [5.74, 6) is 0.434. The van der Waals surface area contributed by atoms with Crippen LogP contribution in [0.25, 0.3) is 0 Å². The van der Waals surface area contributed by atoms with Crippen LogP contribution < -0.4 is 10.1 Å². The maximum Gasteiger partial charge on any atom is 0.329 e. The van der Waals surface area contributed by atoms with Gasteiger partial charge in [-0.1, -0.05) is 12.1 Å². The van der Waals surface area contributed by atoms with Gasteiger partial charge in [0.2, 0.25) is 0 Å². The lowest BCUT2D eigenvalue weighted by molar-refractivity contribution is -0.119. The normalized spacial score (nSPS) is 17.2. The Labute approximate surface area is 104 Å². The van der Waals surface area contributed by atoms with Crippen molar-refractivity contribution in [2.24, 2.45) is 4.99 Å². The van der Waals surface area contributed by atoms with Gasteiger partial charge in [-0.3, -0.25) is 20.0 Å². The van der Waals surface area contributed by atoms with Crippen molar-refractivity contribution >= 4 is 17.8 Å². The number of nitrogens with one attached hydrogen (secondary N) is 1. The Kier molecular flexibility index (Phi) is 3.27. The molecule has 0 saturated carbocycles. The van der Waals surface area contributed by atoms with Gasteiger partial charge in [-0.25, -0.2) is 4.79 Å². The molecule has 0 radical (unpaired) electrons. The summed E-state index contributed by atoms with van der Waals surface area (Å²) in [6.07, 6.45) is 0. The van der Waals surface area contributed by atoms with E-state index in [-0.39, 0.29) is 5.84 Å². The van der Waals surface area contributed by atoms with Crippen molar-refractivity contribution in [1.29, 1.82) is 0 Å². The van der Waals surface area contributed by atoms with Crippen molar-refractivity contribution in [2.75, 3.05) is 14.2 Å². The number of hydrogen-bond donors (Lipinski definition) is 1. The molecular weight excluding hydrogens is 234 g/mol. The number of urea groups is 1. The number of imide groups is 1. The average Bonchev–Trinajstić information content (AvgIpc) is 2.64. The van der Waals surface area contributed by atoms with Gasteiger partial charge in [-0.15, -0.1) is 0 Å². The molecule has 1 aliphatic heterocycles. The topological polar surface area (TPSA) is 71.0 Å². The van der Waals surface area contributed by atoms with Gasteiger partial charge in [0.05, 0.1) is 13.7 Å². The molecule has 3 amide bonds. The van der Waals surface area contributed by atoms with E-state index < -0.39 is 11.9 Å². The molecule has 0 unspecified atom stereocenters. The molecule has 1 saturated heterocycles. The molecule has 1 aliphatic rings. The number of likely N-dealkylation sites (N-methyl/N-ethyl adjacent to an activating group) is 1. The highest BCUT2D eigenvalue weighted by Crippen LogP contribution is 2.12. The van der Waals surface area contributed by atoms with E-state index in [1.54, 1.807) is 7.11 Å². The van der Waals surface area contributed by atoms with Crippen LogP contribution in [0.1, 0.15) is 5.56 Å². The van der Waals surface area contributed by atoms with E-state index in [2.05, 4.69) is 10.3 Å². The Hall–Kier alpha value is -2.37. The first-order chi connectivity index (χ1) is 8.61. The standard InChI is InChI=1S/C12H13N3O3/c1-15-11(16)10(14-12(15)17)13-7-8-3-5-9(18-2)6-4-8/h3-6H,7H2,1-2H3,(H,13,14,17). The Morgan fingerprint density at radius 3 is 2.44 bits per heavy atom. The zero-order valence-corrected chi connectivity index (χ0v) is 10.1. The smallest absolute Gasteiger partial charge is 0.329 e. The third kappa shape index (κ3) is 2.32. The van der Waals surface area contributed by atoms with E-state index in [1.807, 2.05) is 24.3 Å². The first-order valence-corrected chi connectivity index (χ1v) is 5.38. The van der Waals surface area contributed by atoms with Gasteiger partial charge in [0, 0.05) is 7.05 Å². The van der Waals surface area contributed by atoms with Crippen LogP contribution in [0, 0.1) is 0 Å². The average molecular weight is 247 g/mol. The van der Waals surface area contributed by atoms with Crippen molar-refractivity contribution in [3.05, 3.63) is 29.8 Å². The molecule has 6 heteroatoms. The van der Waals surface area contributed by atoms with E-state index in [0.717, 1.165) is 16.2 Å². The van der Waals surface area contributed by atoms with Gasteiger partial charge in [0.1, 0.15) is 5.75 Å². The second-order valence-corrected chi connectivity index (χ2v) is 3.81. The van der Waals surface area contributed by atoms with Gasteiger partial charge >= 0.3 is 6.03 Å². The van der Waals surface area contributed by atoms with Crippen molar-refractivity contribution < 1.29 is 14.3 Å². The van der Waals surface area contributed by atoms with Crippen molar-refractivity contribution in [1.82, 2.24) is 10.2 Å². The first kappa shape index (κ1) is 12.1. The molecule has 0 bridgehead atoms. The van der Waals surface area contributed by atoms with Crippen LogP contribution in [0.3, 0.4) is 0 Å². The summed E-state index contributed by atoms with van der Waals surface area (Å²) in [5, 5.41) is 2.41. The lowest BCUT2D eigenvalue weighted by Gasteiger charge is -2.01. The SMILES string of the molecule is COc1ccc(CN=C2NC(=O)N(C)C2=O)cc1. The Balaban J connectivity index is 2.06. The monoisotopic (exact) mass is 247 g/mol. The molecule has 1 fully saturated rings. The quantitative estimate of drug-likeness (QED) is 0.802. The molecule has 1 aromatic rings. The number of rotatable bonds is 3. The fourth-order valence-corrected chi connectivity index (χ4v) is 1.50. The van der Waals surface area contributed by atoms with E-state index in [1.165, 1.54) is 7.05 Å². The van der Waals surface area contributed by atoms with Crippen molar-refractivity contribution in [2.45, 2.75) is 6.54 Å². The van der Waals surface area contributed by atoms with Crippen LogP contribution in [0.2, 0.25) is 0 Å². The molecule has 18 heavy (non-hydrogen) atoms. The minimum atomic E-state index is -0.450. The summed E-state index contributed by atoms with van der Waals surface area (Å²) in [6.45, 7) is 0.333. The van der Waals surface area contributed by atoms with Crippen molar-refractivity contribution in [3.8, 4) is 5.75 Å². The zero-order chi connectivity index (χ0) is 13.1. The molecule has 1 aromatic carbocycles. The first-order valence-electron chi connectivity index (χ1n) is 5.38. The third-order valence-corrected chi connectivity index (χ3v) is 2.62. The van der Waals surface area contributed by atoms with Crippen LogP contribution in [-0.2, 0) is 11.3 Å². The van der Waals surface area contributed by atoms with Gasteiger partial charge in [-0.05, 0) is 17.7 Å². The maximum atomic E-state index is 11.5. The molecule has 2 rings (SSSR count). The van der Waals surface area contributed by atoms with Crippen molar-refractivity contribution in [3.63, 3.8) is 0 Å². The summed E-state index contributed by atoms with van der Waals surface area (Å²) >= 11 is 0.